The summed E-state index contributed by atoms with van der Waals surface area (Å²) in [5, 5.41) is 4.20. The molecule has 1 N–H and O–H groups in total. The third-order valence-corrected chi connectivity index (χ3v) is 7.32. The number of likely N-dealkylation sites (tertiary alicyclic amines) is 1. The highest BCUT2D eigenvalue weighted by Crippen LogP contribution is 2.40. The van der Waals surface area contributed by atoms with Crippen LogP contribution in [0.1, 0.15) is 58.1 Å². The van der Waals surface area contributed by atoms with Crippen molar-refractivity contribution >= 4 is 33.2 Å². The maximum Gasteiger partial charge on any atom is 0.261 e. The molecule has 3 aromatic rings. The fourth-order valence-corrected chi connectivity index (χ4v) is 5.58. The van der Waals surface area contributed by atoms with E-state index in [9.17, 15) is 9.59 Å². The van der Waals surface area contributed by atoms with Crippen LogP contribution in [0, 0.1) is 13.8 Å². The number of carbonyl (C=O) groups excluding carboxylic acids is 2. The van der Waals surface area contributed by atoms with Crippen molar-refractivity contribution in [2.45, 2.75) is 52.5 Å². The van der Waals surface area contributed by atoms with Gasteiger partial charge in [0, 0.05) is 29.7 Å². The van der Waals surface area contributed by atoms with Crippen LogP contribution in [0.3, 0.4) is 0 Å². The zero-order valence-electron chi connectivity index (χ0n) is 18.7. The summed E-state index contributed by atoms with van der Waals surface area (Å²) in [7, 11) is 0. The number of thiophene rings is 1. The summed E-state index contributed by atoms with van der Waals surface area (Å²) in [5.41, 5.74) is 4.64. The smallest absolute Gasteiger partial charge is 0.261 e. The lowest BCUT2D eigenvalue weighted by atomic mass is 9.95. The molecule has 2 amide bonds. The van der Waals surface area contributed by atoms with E-state index in [4.69, 9.17) is 0 Å². The van der Waals surface area contributed by atoms with Crippen molar-refractivity contribution in [1.29, 1.82) is 0 Å². The molecule has 0 spiro atoms. The number of nitrogens with zero attached hydrogens (tertiary/aromatic N) is 1. The molecule has 0 aliphatic carbocycles. The Labute approximate surface area is 188 Å². The highest BCUT2D eigenvalue weighted by Gasteiger charge is 2.32. The average Bonchev–Trinajstić information content (AvgIpc) is 3.35. The van der Waals surface area contributed by atoms with E-state index in [1.807, 2.05) is 30.9 Å². The highest BCUT2D eigenvalue weighted by molar-refractivity contribution is 7.21. The molecule has 5 heteroatoms. The van der Waals surface area contributed by atoms with Crippen molar-refractivity contribution in [3.05, 3.63) is 69.6 Å². The van der Waals surface area contributed by atoms with Gasteiger partial charge in [0.05, 0.1) is 11.3 Å². The fourth-order valence-electron chi connectivity index (χ4n) is 4.39. The summed E-state index contributed by atoms with van der Waals surface area (Å²) in [5.74, 6) is 0.345. The molecule has 0 radical (unpaired) electrons. The van der Waals surface area contributed by atoms with Gasteiger partial charge in [-0.25, -0.2) is 0 Å². The van der Waals surface area contributed by atoms with Crippen LogP contribution in [0.5, 0.6) is 0 Å². The van der Waals surface area contributed by atoms with E-state index >= 15 is 0 Å². The third kappa shape index (κ3) is 4.52. The number of carbonyl (C=O) groups is 2. The third-order valence-electron chi connectivity index (χ3n) is 6.14. The summed E-state index contributed by atoms with van der Waals surface area (Å²) in [6.07, 6.45) is 1.32. The van der Waals surface area contributed by atoms with Crippen molar-refractivity contribution in [1.82, 2.24) is 10.2 Å². The molecule has 4 nitrogen and oxygen atoms in total. The van der Waals surface area contributed by atoms with Crippen molar-refractivity contribution in [3.63, 3.8) is 0 Å². The second-order valence-electron chi connectivity index (χ2n) is 8.89. The fraction of sp³-hybridized carbons (Fsp3) is 0.385. The molecule has 1 atom stereocenters. The average molecular weight is 435 g/mol. The minimum absolute atomic E-state index is 0.00823. The summed E-state index contributed by atoms with van der Waals surface area (Å²) in [6.45, 7) is 9.54. The Morgan fingerprint density at radius 3 is 2.65 bits per heavy atom. The molecule has 2 heterocycles. The van der Waals surface area contributed by atoms with E-state index in [0.717, 1.165) is 39.1 Å². The number of hydrogen-bond acceptors (Lipinski definition) is 3. The molecule has 31 heavy (non-hydrogen) atoms. The lowest BCUT2D eigenvalue weighted by molar-refractivity contribution is -0.129. The minimum atomic E-state index is -0.00823. The Morgan fingerprint density at radius 1 is 1.13 bits per heavy atom. The SMILES string of the molecule is Cc1ccc(CC(=O)N2CCC(c3c(C(=O)NC(C)C)sc4ccccc34)C2)cc1C. The minimum Gasteiger partial charge on any atom is -0.349 e. The quantitative estimate of drug-likeness (QED) is 0.599. The monoisotopic (exact) mass is 434 g/mol. The van der Waals surface area contributed by atoms with Gasteiger partial charge in [0.25, 0.3) is 5.91 Å². The van der Waals surface area contributed by atoms with Gasteiger partial charge in [0.2, 0.25) is 5.91 Å². The number of benzene rings is 2. The van der Waals surface area contributed by atoms with Gasteiger partial charge >= 0.3 is 0 Å². The van der Waals surface area contributed by atoms with Crippen LogP contribution >= 0.6 is 11.3 Å². The molecule has 2 aromatic carbocycles. The van der Waals surface area contributed by atoms with Gasteiger partial charge in [-0.2, -0.15) is 0 Å². The summed E-state index contributed by atoms with van der Waals surface area (Å²) in [6, 6.07) is 14.6. The van der Waals surface area contributed by atoms with Crippen molar-refractivity contribution in [3.8, 4) is 0 Å². The number of fused-ring (bicyclic) bond motifs is 1. The number of nitrogens with one attached hydrogen (secondary N) is 1. The molecule has 1 unspecified atom stereocenters. The zero-order valence-corrected chi connectivity index (χ0v) is 19.5. The molecule has 4 rings (SSSR count). The van der Waals surface area contributed by atoms with Gasteiger partial charge in [-0.3, -0.25) is 9.59 Å². The van der Waals surface area contributed by atoms with Crippen LogP contribution in [0.2, 0.25) is 0 Å². The molecule has 1 aliphatic rings. The highest BCUT2D eigenvalue weighted by atomic mass is 32.1. The molecule has 0 saturated carbocycles. The van der Waals surface area contributed by atoms with E-state index < -0.39 is 0 Å². The Balaban J connectivity index is 1.56. The van der Waals surface area contributed by atoms with Crippen LogP contribution in [0.15, 0.2) is 42.5 Å². The number of rotatable bonds is 5. The largest absolute Gasteiger partial charge is 0.349 e. The van der Waals surface area contributed by atoms with E-state index in [1.54, 1.807) is 11.3 Å². The second kappa shape index (κ2) is 8.83. The molecule has 1 fully saturated rings. The van der Waals surface area contributed by atoms with Gasteiger partial charge in [0.15, 0.2) is 0 Å². The van der Waals surface area contributed by atoms with Gasteiger partial charge in [-0.05, 0) is 67.8 Å². The van der Waals surface area contributed by atoms with Crippen molar-refractivity contribution < 1.29 is 9.59 Å². The van der Waals surface area contributed by atoms with Gasteiger partial charge in [0.1, 0.15) is 0 Å². The molecular formula is C26H30N2O2S. The predicted molar refractivity (Wildman–Crippen MR) is 128 cm³/mol. The Hall–Kier alpha value is -2.66. The Kier molecular flexibility index (Phi) is 6.15. The van der Waals surface area contributed by atoms with Crippen molar-refractivity contribution in [2.24, 2.45) is 0 Å². The maximum atomic E-state index is 13.0. The first kappa shape index (κ1) is 21.6. The van der Waals surface area contributed by atoms with Gasteiger partial charge in [-0.1, -0.05) is 36.4 Å². The van der Waals surface area contributed by atoms with Crippen molar-refractivity contribution in [2.75, 3.05) is 13.1 Å². The summed E-state index contributed by atoms with van der Waals surface area (Å²) < 4.78 is 1.13. The first-order valence-electron chi connectivity index (χ1n) is 11.0. The maximum absolute atomic E-state index is 13.0. The number of hydrogen-bond donors (Lipinski definition) is 1. The lowest BCUT2D eigenvalue weighted by Crippen LogP contribution is -2.31. The molecule has 1 aliphatic heterocycles. The van der Waals surface area contributed by atoms with E-state index in [0.29, 0.717) is 13.0 Å². The summed E-state index contributed by atoms with van der Waals surface area (Å²) in [4.78, 5) is 28.7. The van der Waals surface area contributed by atoms with E-state index in [2.05, 4.69) is 49.5 Å². The van der Waals surface area contributed by atoms with Crippen LogP contribution in [0.25, 0.3) is 10.1 Å². The molecule has 1 saturated heterocycles. The number of aryl methyl sites for hydroxylation is 2. The van der Waals surface area contributed by atoms with Crippen LogP contribution in [-0.4, -0.2) is 35.8 Å². The van der Waals surface area contributed by atoms with E-state index in [-0.39, 0.29) is 23.8 Å². The second-order valence-corrected chi connectivity index (χ2v) is 9.94. The molecule has 1 aromatic heterocycles. The van der Waals surface area contributed by atoms with Crippen LogP contribution in [-0.2, 0) is 11.2 Å². The Bertz CT molecular complexity index is 1130. The lowest BCUT2D eigenvalue weighted by Gasteiger charge is -2.18. The number of amides is 2. The van der Waals surface area contributed by atoms with Gasteiger partial charge in [-0.15, -0.1) is 11.3 Å². The normalized spacial score (nSPS) is 16.3. The Morgan fingerprint density at radius 2 is 1.90 bits per heavy atom. The van der Waals surface area contributed by atoms with Crippen LogP contribution in [0.4, 0.5) is 0 Å². The van der Waals surface area contributed by atoms with E-state index in [1.165, 1.54) is 11.1 Å². The van der Waals surface area contributed by atoms with Crippen LogP contribution < -0.4 is 5.32 Å². The first-order chi connectivity index (χ1) is 14.8. The zero-order chi connectivity index (χ0) is 22.1. The summed E-state index contributed by atoms with van der Waals surface area (Å²) >= 11 is 1.56. The standard InChI is InChI=1S/C26H30N2O2S/c1-16(2)27-26(30)25-24(21-7-5-6-8-22(21)31-25)20-11-12-28(15-20)23(29)14-19-10-9-17(3)18(4)13-19/h5-10,13,16,20H,11-12,14-15H2,1-4H3,(H,27,30). The topological polar surface area (TPSA) is 49.4 Å². The molecule has 0 bridgehead atoms. The predicted octanol–water partition coefficient (Wildman–Crippen LogP) is 5.21. The molecule has 162 valence electrons. The molecular weight excluding hydrogens is 404 g/mol. The van der Waals surface area contributed by atoms with Gasteiger partial charge < -0.3 is 10.2 Å². The first-order valence-corrected chi connectivity index (χ1v) is 11.8.